The van der Waals surface area contributed by atoms with Crippen molar-refractivity contribution < 1.29 is 19.1 Å². The van der Waals surface area contributed by atoms with E-state index in [0.29, 0.717) is 27.9 Å². The van der Waals surface area contributed by atoms with E-state index in [4.69, 9.17) is 4.42 Å². The summed E-state index contributed by atoms with van der Waals surface area (Å²) in [6, 6.07) is 19.5. The van der Waals surface area contributed by atoms with E-state index < -0.39 is 11.9 Å². The number of anilines is 1. The summed E-state index contributed by atoms with van der Waals surface area (Å²) < 4.78 is 6.15. The minimum absolute atomic E-state index is 0.279. The number of oxazole rings is 1. The Labute approximate surface area is 186 Å². The lowest BCUT2D eigenvalue weighted by Crippen LogP contribution is -2.13. The number of rotatable bonds is 6. The van der Waals surface area contributed by atoms with Gasteiger partial charge in [-0.15, -0.1) is 0 Å². The number of aromatic nitrogens is 1. The van der Waals surface area contributed by atoms with Gasteiger partial charge < -0.3 is 14.8 Å². The van der Waals surface area contributed by atoms with E-state index in [9.17, 15) is 14.7 Å². The van der Waals surface area contributed by atoms with E-state index >= 15 is 0 Å². The minimum Gasteiger partial charge on any atom is -0.481 e. The van der Waals surface area contributed by atoms with Gasteiger partial charge in [-0.1, -0.05) is 46.3 Å². The summed E-state index contributed by atoms with van der Waals surface area (Å²) in [4.78, 5) is 28.2. The van der Waals surface area contributed by atoms with Crippen molar-refractivity contribution in [2.75, 3.05) is 5.32 Å². The topological polar surface area (TPSA) is 92.4 Å². The zero-order valence-electron chi connectivity index (χ0n) is 16.2. The van der Waals surface area contributed by atoms with Crippen LogP contribution in [-0.4, -0.2) is 22.0 Å². The van der Waals surface area contributed by atoms with Crippen molar-refractivity contribution in [3.8, 4) is 0 Å². The molecular weight excluding hydrogens is 460 g/mol. The van der Waals surface area contributed by atoms with Crippen LogP contribution in [-0.2, 0) is 9.59 Å². The van der Waals surface area contributed by atoms with Crippen LogP contribution in [0.5, 0.6) is 0 Å². The van der Waals surface area contributed by atoms with E-state index in [1.54, 1.807) is 48.5 Å². The maximum Gasteiger partial charge on any atom is 0.315 e. The highest BCUT2D eigenvalue weighted by atomic mass is 79.9. The van der Waals surface area contributed by atoms with Crippen LogP contribution >= 0.6 is 15.9 Å². The molecule has 6 nitrogen and oxygen atoms in total. The SMILES string of the molecule is O=C(C=Cc1cccc(Br)c1)Nc1ccc(C(C(=O)O)c2ccc3ocnc3c2)cc1. The first-order chi connectivity index (χ1) is 15.0. The maximum absolute atomic E-state index is 12.2. The van der Waals surface area contributed by atoms with Gasteiger partial charge in [0.25, 0.3) is 0 Å². The van der Waals surface area contributed by atoms with Crippen LogP contribution in [0.4, 0.5) is 5.69 Å². The Balaban J connectivity index is 1.49. The fraction of sp³-hybridized carbons (Fsp3) is 0.0417. The quantitative estimate of drug-likeness (QED) is 0.360. The van der Waals surface area contributed by atoms with Gasteiger partial charge in [-0.3, -0.25) is 9.59 Å². The number of hydrogen-bond acceptors (Lipinski definition) is 4. The van der Waals surface area contributed by atoms with Crippen LogP contribution in [0, 0.1) is 0 Å². The van der Waals surface area contributed by atoms with Crippen molar-refractivity contribution in [1.29, 1.82) is 0 Å². The molecule has 4 rings (SSSR count). The van der Waals surface area contributed by atoms with Crippen LogP contribution in [0.2, 0.25) is 0 Å². The molecular formula is C24H17BrN2O4. The summed E-state index contributed by atoms with van der Waals surface area (Å²) in [5, 5.41) is 12.6. The fourth-order valence-corrected chi connectivity index (χ4v) is 3.67. The highest BCUT2D eigenvalue weighted by Crippen LogP contribution is 2.28. The first-order valence-corrected chi connectivity index (χ1v) is 10.2. The number of amides is 1. The fourth-order valence-electron chi connectivity index (χ4n) is 3.26. The van der Waals surface area contributed by atoms with Gasteiger partial charge in [-0.25, -0.2) is 4.98 Å². The second-order valence-electron chi connectivity index (χ2n) is 6.85. The van der Waals surface area contributed by atoms with E-state index in [1.165, 1.54) is 12.5 Å². The molecule has 0 aliphatic heterocycles. The number of carboxylic acids is 1. The second-order valence-corrected chi connectivity index (χ2v) is 7.77. The molecule has 1 unspecified atom stereocenters. The summed E-state index contributed by atoms with van der Waals surface area (Å²) in [7, 11) is 0. The van der Waals surface area contributed by atoms with Gasteiger partial charge >= 0.3 is 5.97 Å². The molecule has 1 amide bonds. The standard InChI is InChI=1S/C24H17BrN2O4/c25-18-3-1-2-15(12-18)4-11-22(28)27-19-8-5-16(6-9-19)23(24(29)30)17-7-10-21-20(13-17)26-14-31-21/h1-14,23H,(H,27,28)(H,29,30). The van der Waals surface area contributed by atoms with E-state index in [-0.39, 0.29) is 5.91 Å². The molecule has 1 atom stereocenters. The van der Waals surface area contributed by atoms with Crippen molar-refractivity contribution in [3.05, 3.63) is 100 Å². The second kappa shape index (κ2) is 8.97. The van der Waals surface area contributed by atoms with Crippen molar-refractivity contribution in [2.45, 2.75) is 5.92 Å². The molecule has 1 aromatic heterocycles. The molecule has 0 bridgehead atoms. The Bertz CT molecular complexity index is 1280. The predicted molar refractivity (Wildman–Crippen MR) is 122 cm³/mol. The van der Waals surface area contributed by atoms with E-state index in [2.05, 4.69) is 26.2 Å². The summed E-state index contributed by atoms with van der Waals surface area (Å²) in [5.74, 6) is -2.11. The molecule has 0 radical (unpaired) electrons. The Hall–Kier alpha value is -3.71. The number of aliphatic carboxylic acids is 1. The van der Waals surface area contributed by atoms with Crippen molar-refractivity contribution >= 4 is 50.7 Å². The Morgan fingerprint density at radius 3 is 2.55 bits per heavy atom. The first kappa shape index (κ1) is 20.6. The van der Waals surface area contributed by atoms with Gasteiger partial charge in [-0.05, 0) is 59.2 Å². The number of carbonyl (C=O) groups excluding carboxylic acids is 1. The summed E-state index contributed by atoms with van der Waals surface area (Å²) in [5.41, 5.74) is 3.87. The Morgan fingerprint density at radius 1 is 1.03 bits per heavy atom. The number of carboxylic acid groups (broad SMARTS) is 1. The number of fused-ring (bicyclic) bond motifs is 1. The van der Waals surface area contributed by atoms with Crippen molar-refractivity contribution in [2.24, 2.45) is 0 Å². The van der Waals surface area contributed by atoms with Crippen LogP contribution < -0.4 is 5.32 Å². The van der Waals surface area contributed by atoms with E-state index in [1.807, 2.05) is 24.3 Å². The van der Waals surface area contributed by atoms with Crippen LogP contribution in [0.25, 0.3) is 17.2 Å². The summed E-state index contributed by atoms with van der Waals surface area (Å²) >= 11 is 3.39. The number of hydrogen-bond donors (Lipinski definition) is 2. The molecule has 7 heteroatoms. The van der Waals surface area contributed by atoms with Gasteiger partial charge in [0.05, 0.1) is 0 Å². The number of nitrogens with zero attached hydrogens (tertiary/aromatic N) is 1. The number of halogens is 1. The van der Waals surface area contributed by atoms with Gasteiger partial charge in [0, 0.05) is 16.2 Å². The van der Waals surface area contributed by atoms with Gasteiger partial charge in [0.15, 0.2) is 12.0 Å². The number of benzene rings is 3. The largest absolute Gasteiger partial charge is 0.481 e. The molecule has 154 valence electrons. The molecule has 31 heavy (non-hydrogen) atoms. The Morgan fingerprint density at radius 2 is 1.81 bits per heavy atom. The van der Waals surface area contributed by atoms with Gasteiger partial charge in [0.2, 0.25) is 5.91 Å². The molecule has 0 aliphatic carbocycles. The number of carbonyl (C=O) groups is 2. The van der Waals surface area contributed by atoms with Gasteiger partial charge in [-0.2, -0.15) is 0 Å². The molecule has 4 aromatic rings. The predicted octanol–water partition coefficient (Wildman–Crippen LogP) is 5.46. The van der Waals surface area contributed by atoms with Crippen molar-refractivity contribution in [3.63, 3.8) is 0 Å². The minimum atomic E-state index is -0.975. The zero-order chi connectivity index (χ0) is 21.8. The molecule has 1 heterocycles. The lowest BCUT2D eigenvalue weighted by molar-refractivity contribution is -0.137. The lowest BCUT2D eigenvalue weighted by atomic mass is 9.91. The van der Waals surface area contributed by atoms with Crippen LogP contribution in [0.15, 0.2) is 88.1 Å². The molecule has 0 saturated carbocycles. The third-order valence-corrected chi connectivity index (χ3v) is 5.22. The normalized spacial score (nSPS) is 12.2. The van der Waals surface area contributed by atoms with Crippen LogP contribution in [0.1, 0.15) is 22.6 Å². The third-order valence-electron chi connectivity index (χ3n) is 4.72. The smallest absolute Gasteiger partial charge is 0.315 e. The molecule has 3 aromatic carbocycles. The highest BCUT2D eigenvalue weighted by Gasteiger charge is 2.23. The average Bonchev–Trinajstić information content (AvgIpc) is 3.22. The molecule has 0 saturated heterocycles. The maximum atomic E-state index is 12.2. The molecule has 2 N–H and O–H groups in total. The van der Waals surface area contributed by atoms with E-state index in [0.717, 1.165) is 10.0 Å². The Kier molecular flexibility index (Phi) is 5.95. The molecule has 0 aliphatic rings. The third kappa shape index (κ3) is 4.90. The van der Waals surface area contributed by atoms with Crippen LogP contribution in [0.3, 0.4) is 0 Å². The summed E-state index contributed by atoms with van der Waals surface area (Å²) in [6.45, 7) is 0. The molecule has 0 fully saturated rings. The van der Waals surface area contributed by atoms with Gasteiger partial charge in [0.1, 0.15) is 11.4 Å². The molecule has 0 spiro atoms. The monoisotopic (exact) mass is 476 g/mol. The highest BCUT2D eigenvalue weighted by molar-refractivity contribution is 9.10. The lowest BCUT2D eigenvalue weighted by Gasteiger charge is -2.14. The zero-order valence-corrected chi connectivity index (χ0v) is 17.7. The first-order valence-electron chi connectivity index (χ1n) is 9.40. The summed E-state index contributed by atoms with van der Waals surface area (Å²) in [6.07, 6.45) is 4.49. The average molecular weight is 477 g/mol. The number of nitrogens with one attached hydrogen (secondary N) is 1. The van der Waals surface area contributed by atoms with Crippen molar-refractivity contribution in [1.82, 2.24) is 4.98 Å².